The van der Waals surface area contributed by atoms with Crippen LogP contribution in [0.1, 0.15) is 36.8 Å². The van der Waals surface area contributed by atoms with Crippen LogP contribution in [0.5, 0.6) is 0 Å². The van der Waals surface area contributed by atoms with E-state index in [4.69, 9.17) is 22.3 Å². The number of carbonyl (C=O) groups is 1. The molecule has 3 rings (SSSR count). The fourth-order valence-corrected chi connectivity index (χ4v) is 3.76. The van der Waals surface area contributed by atoms with Gasteiger partial charge >= 0.3 is 6.03 Å². The molecule has 0 bridgehead atoms. The Morgan fingerprint density at radius 3 is 2.59 bits per heavy atom. The third kappa shape index (κ3) is 1.77. The fraction of sp³-hybridized carbons (Fsp3) is 0.438. The van der Waals surface area contributed by atoms with E-state index in [1.807, 2.05) is 6.07 Å². The summed E-state index contributed by atoms with van der Waals surface area (Å²) >= 11 is 6.22. The monoisotopic (exact) mass is 316 g/mol. The molecule has 2 aliphatic rings. The molecule has 1 aliphatic heterocycles. The van der Waals surface area contributed by atoms with Crippen LogP contribution in [0.4, 0.5) is 10.5 Å². The lowest BCUT2D eigenvalue weighted by Crippen LogP contribution is -2.44. The predicted molar refractivity (Wildman–Crippen MR) is 85.5 cm³/mol. The molecule has 0 unspecified atom stereocenters. The van der Waals surface area contributed by atoms with Crippen molar-refractivity contribution >= 4 is 29.2 Å². The lowest BCUT2D eigenvalue weighted by Gasteiger charge is -2.29. The number of nitriles is 1. The summed E-state index contributed by atoms with van der Waals surface area (Å²) in [6.07, 6.45) is 3.71. The van der Waals surface area contributed by atoms with Gasteiger partial charge in [-0.3, -0.25) is 5.41 Å². The molecule has 2 fully saturated rings. The third-order valence-corrected chi connectivity index (χ3v) is 5.42. The maximum absolute atomic E-state index is 12.7. The quantitative estimate of drug-likeness (QED) is 0.858. The molecule has 5 nitrogen and oxygen atoms in total. The maximum atomic E-state index is 12.7. The molecule has 1 aliphatic carbocycles. The largest absolute Gasteiger partial charge is 0.330 e. The lowest BCUT2D eigenvalue weighted by atomic mass is 9.95. The average Bonchev–Trinajstić information content (AvgIpc) is 3.06. The van der Waals surface area contributed by atoms with Crippen LogP contribution >= 0.6 is 11.6 Å². The first-order valence-corrected chi connectivity index (χ1v) is 7.68. The topological polar surface area (TPSA) is 71.2 Å². The number of amides is 2. The van der Waals surface area contributed by atoms with Gasteiger partial charge in [-0.25, -0.2) is 9.69 Å². The Hall–Kier alpha value is -2.06. The van der Waals surface area contributed by atoms with Crippen LogP contribution in [0, 0.1) is 23.7 Å². The molecule has 0 atom stereocenters. The maximum Gasteiger partial charge on any atom is 0.330 e. The van der Waals surface area contributed by atoms with E-state index >= 15 is 0 Å². The van der Waals surface area contributed by atoms with Crippen LogP contribution in [-0.2, 0) is 0 Å². The Labute approximate surface area is 134 Å². The zero-order valence-electron chi connectivity index (χ0n) is 12.6. The highest BCUT2D eigenvalue weighted by molar-refractivity contribution is 6.33. The zero-order valence-corrected chi connectivity index (χ0v) is 13.4. The highest BCUT2D eigenvalue weighted by Gasteiger charge is 2.54. The summed E-state index contributed by atoms with van der Waals surface area (Å²) < 4.78 is 0. The minimum atomic E-state index is -0.482. The van der Waals surface area contributed by atoms with Crippen molar-refractivity contribution in [3.8, 4) is 6.07 Å². The van der Waals surface area contributed by atoms with Gasteiger partial charge < -0.3 is 4.90 Å². The van der Waals surface area contributed by atoms with Gasteiger partial charge in [0.05, 0.1) is 16.3 Å². The second kappa shape index (κ2) is 4.99. The Morgan fingerprint density at radius 1 is 1.36 bits per heavy atom. The Balaban J connectivity index is 2.10. The molecule has 1 N–H and O–H groups in total. The van der Waals surface area contributed by atoms with Gasteiger partial charge in [-0.2, -0.15) is 5.26 Å². The van der Waals surface area contributed by atoms with Crippen molar-refractivity contribution in [3.05, 3.63) is 28.3 Å². The van der Waals surface area contributed by atoms with Crippen LogP contribution < -0.4 is 4.90 Å². The molecular weight excluding hydrogens is 300 g/mol. The number of nitrogens with zero attached hydrogens (tertiary/aromatic N) is 3. The summed E-state index contributed by atoms with van der Waals surface area (Å²) in [6, 6.07) is 5.14. The molecule has 1 spiro atoms. The number of halogens is 1. The zero-order chi connectivity index (χ0) is 16.1. The highest BCUT2D eigenvalue weighted by Crippen LogP contribution is 2.44. The fourth-order valence-electron chi connectivity index (χ4n) is 3.55. The molecule has 0 aromatic heterocycles. The van der Waals surface area contributed by atoms with Crippen LogP contribution in [0.15, 0.2) is 12.1 Å². The number of likely N-dealkylation sites (N-methyl/N-ethyl adjacent to an activating group) is 1. The molecule has 6 heteroatoms. The Bertz CT molecular complexity index is 716. The molecule has 1 saturated carbocycles. The molecule has 114 valence electrons. The van der Waals surface area contributed by atoms with Crippen molar-refractivity contribution in [2.75, 3.05) is 11.9 Å². The molecule has 1 heterocycles. The van der Waals surface area contributed by atoms with Crippen molar-refractivity contribution in [2.24, 2.45) is 0 Å². The van der Waals surface area contributed by atoms with Crippen LogP contribution in [-0.4, -0.2) is 29.4 Å². The number of carbonyl (C=O) groups excluding carboxylic acids is 1. The summed E-state index contributed by atoms with van der Waals surface area (Å²) in [5, 5.41) is 18.0. The number of urea groups is 1. The third-order valence-electron chi connectivity index (χ3n) is 4.93. The predicted octanol–water partition coefficient (Wildman–Crippen LogP) is 3.68. The molecular formula is C16H17ClN4O. The molecule has 1 saturated heterocycles. The van der Waals surface area contributed by atoms with E-state index < -0.39 is 5.54 Å². The van der Waals surface area contributed by atoms with Gasteiger partial charge in [0.1, 0.15) is 17.4 Å². The van der Waals surface area contributed by atoms with Gasteiger partial charge in [0.15, 0.2) is 0 Å². The van der Waals surface area contributed by atoms with Crippen molar-refractivity contribution < 1.29 is 4.79 Å². The van der Waals surface area contributed by atoms with Crippen molar-refractivity contribution in [1.82, 2.24) is 4.90 Å². The van der Waals surface area contributed by atoms with Gasteiger partial charge in [0, 0.05) is 7.05 Å². The Morgan fingerprint density at radius 2 is 2.00 bits per heavy atom. The SMILES string of the molecule is Cc1c(N2C(=N)C3(CCCC3)N(C)C2=O)ccc(C#N)c1Cl. The minimum absolute atomic E-state index is 0.198. The number of rotatable bonds is 1. The second-order valence-corrected chi connectivity index (χ2v) is 6.33. The number of hydrogen-bond acceptors (Lipinski definition) is 3. The number of anilines is 1. The second-order valence-electron chi connectivity index (χ2n) is 5.95. The van der Waals surface area contributed by atoms with E-state index in [1.54, 1.807) is 31.0 Å². The van der Waals surface area contributed by atoms with Gasteiger partial charge in [-0.05, 0) is 37.5 Å². The van der Waals surface area contributed by atoms with Gasteiger partial charge in [-0.15, -0.1) is 0 Å². The first kappa shape index (κ1) is 14.9. The molecule has 2 amide bonds. The van der Waals surface area contributed by atoms with Crippen LogP contribution in [0.3, 0.4) is 0 Å². The van der Waals surface area contributed by atoms with Crippen molar-refractivity contribution in [2.45, 2.75) is 38.1 Å². The van der Waals surface area contributed by atoms with Crippen molar-refractivity contribution in [1.29, 1.82) is 10.7 Å². The summed E-state index contributed by atoms with van der Waals surface area (Å²) in [6.45, 7) is 1.78. The number of amidine groups is 1. The molecule has 1 aromatic rings. The van der Waals surface area contributed by atoms with E-state index in [2.05, 4.69) is 0 Å². The van der Waals surface area contributed by atoms with E-state index in [0.29, 0.717) is 27.7 Å². The molecule has 0 radical (unpaired) electrons. The smallest absolute Gasteiger partial charge is 0.314 e. The number of benzene rings is 1. The average molecular weight is 317 g/mol. The van der Waals surface area contributed by atoms with E-state index in [0.717, 1.165) is 25.7 Å². The first-order valence-electron chi connectivity index (χ1n) is 7.30. The van der Waals surface area contributed by atoms with E-state index in [-0.39, 0.29) is 6.03 Å². The highest BCUT2D eigenvalue weighted by atomic mass is 35.5. The van der Waals surface area contributed by atoms with Gasteiger partial charge in [0.2, 0.25) is 0 Å². The van der Waals surface area contributed by atoms with E-state index in [9.17, 15) is 4.79 Å². The summed E-state index contributed by atoms with van der Waals surface area (Å²) in [5.74, 6) is 0.321. The number of hydrogen-bond donors (Lipinski definition) is 1. The molecule has 22 heavy (non-hydrogen) atoms. The standard InChI is InChI=1S/C16H17ClN4O/c1-10-12(6-5-11(9-18)13(10)17)21-14(19)16(7-3-4-8-16)20(2)15(21)22/h5-6,19H,3-4,7-8H2,1-2H3. The van der Waals surface area contributed by atoms with Crippen LogP contribution in [0.25, 0.3) is 0 Å². The van der Waals surface area contributed by atoms with Crippen LogP contribution in [0.2, 0.25) is 5.02 Å². The normalized spacial score (nSPS) is 20.1. The Kier molecular flexibility index (Phi) is 3.37. The van der Waals surface area contributed by atoms with Gasteiger partial charge in [-0.1, -0.05) is 24.4 Å². The first-order chi connectivity index (χ1) is 10.4. The lowest BCUT2D eigenvalue weighted by molar-refractivity contribution is 0.195. The molecule has 1 aromatic carbocycles. The van der Waals surface area contributed by atoms with Crippen molar-refractivity contribution in [3.63, 3.8) is 0 Å². The van der Waals surface area contributed by atoms with Gasteiger partial charge in [0.25, 0.3) is 0 Å². The summed E-state index contributed by atoms with van der Waals surface area (Å²) in [7, 11) is 1.77. The number of nitrogens with one attached hydrogen (secondary N) is 1. The summed E-state index contributed by atoms with van der Waals surface area (Å²) in [5.41, 5.74) is 1.14. The summed E-state index contributed by atoms with van der Waals surface area (Å²) in [4.78, 5) is 15.8. The minimum Gasteiger partial charge on any atom is -0.314 e. The van der Waals surface area contributed by atoms with E-state index in [1.165, 1.54) is 4.90 Å².